The van der Waals surface area contributed by atoms with Crippen LogP contribution in [0, 0.1) is 5.92 Å². The van der Waals surface area contributed by atoms with Gasteiger partial charge < -0.3 is 9.52 Å². The van der Waals surface area contributed by atoms with Crippen molar-refractivity contribution in [2.45, 2.75) is 25.5 Å². The van der Waals surface area contributed by atoms with E-state index in [1.165, 1.54) is 0 Å². The van der Waals surface area contributed by atoms with Gasteiger partial charge in [0, 0.05) is 10.6 Å². The van der Waals surface area contributed by atoms with Crippen molar-refractivity contribution in [2.75, 3.05) is 13.1 Å². The van der Waals surface area contributed by atoms with Crippen LogP contribution in [0.1, 0.15) is 30.4 Å². The van der Waals surface area contributed by atoms with Crippen LogP contribution in [0.2, 0.25) is 5.02 Å². The molecule has 1 aliphatic heterocycles. The minimum Gasteiger partial charge on any atom is -0.439 e. The highest BCUT2D eigenvalue weighted by molar-refractivity contribution is 6.30. The summed E-state index contributed by atoms with van der Waals surface area (Å²) in [5.74, 6) is 1.79. The van der Waals surface area contributed by atoms with Crippen LogP contribution in [0.4, 0.5) is 0 Å². The maximum atomic E-state index is 10.6. The van der Waals surface area contributed by atoms with Crippen molar-refractivity contribution in [2.24, 2.45) is 5.92 Å². The largest absolute Gasteiger partial charge is 0.439 e. The summed E-state index contributed by atoms with van der Waals surface area (Å²) in [5.41, 5.74) is 1.99. The Kier molecular flexibility index (Phi) is 5.58. The lowest BCUT2D eigenvalue weighted by Crippen LogP contribution is -2.35. The fourth-order valence-electron chi connectivity index (χ4n) is 3.67. The van der Waals surface area contributed by atoms with E-state index < -0.39 is 0 Å². The second-order valence-corrected chi connectivity index (χ2v) is 7.53. The van der Waals surface area contributed by atoms with Gasteiger partial charge in [0.05, 0.1) is 18.8 Å². The molecule has 0 saturated carbocycles. The lowest BCUT2D eigenvalue weighted by Gasteiger charge is -2.33. The molecule has 140 valence electrons. The minimum absolute atomic E-state index is 0.304. The van der Waals surface area contributed by atoms with Gasteiger partial charge in [-0.05, 0) is 61.7 Å². The Bertz CT molecular complexity index is 856. The molecule has 1 N–H and O–H groups in total. The van der Waals surface area contributed by atoms with Gasteiger partial charge in [0.15, 0.2) is 5.76 Å². The smallest absolute Gasteiger partial charge is 0.209 e. The summed E-state index contributed by atoms with van der Waals surface area (Å²) < 4.78 is 5.91. The zero-order valence-electron chi connectivity index (χ0n) is 15.1. The van der Waals surface area contributed by atoms with E-state index in [1.54, 1.807) is 6.20 Å². The fraction of sp³-hybridized carbons (Fsp3) is 0.318. The highest BCUT2D eigenvalue weighted by atomic mass is 35.5. The summed E-state index contributed by atoms with van der Waals surface area (Å²) in [6.07, 6.45) is 3.33. The average Bonchev–Trinajstić information content (AvgIpc) is 3.18. The number of rotatable bonds is 5. The van der Waals surface area contributed by atoms with Crippen molar-refractivity contribution in [3.63, 3.8) is 0 Å². The number of hydrogen-bond acceptors (Lipinski definition) is 4. The average molecular weight is 383 g/mol. The molecule has 1 aromatic heterocycles. The highest BCUT2D eigenvalue weighted by Crippen LogP contribution is 2.31. The molecule has 0 bridgehead atoms. The third kappa shape index (κ3) is 4.41. The van der Waals surface area contributed by atoms with Gasteiger partial charge in [0.25, 0.3) is 0 Å². The fourth-order valence-corrected chi connectivity index (χ4v) is 3.80. The van der Waals surface area contributed by atoms with E-state index >= 15 is 0 Å². The Hall–Kier alpha value is -2.14. The molecule has 4 nitrogen and oxygen atoms in total. The van der Waals surface area contributed by atoms with Gasteiger partial charge >= 0.3 is 0 Å². The molecule has 0 amide bonds. The first-order valence-corrected chi connectivity index (χ1v) is 9.73. The number of aliphatic hydroxyl groups is 1. The molecule has 1 aliphatic rings. The molecule has 0 aliphatic carbocycles. The van der Waals surface area contributed by atoms with Crippen LogP contribution in [0.25, 0.3) is 11.3 Å². The first-order valence-electron chi connectivity index (χ1n) is 9.35. The van der Waals surface area contributed by atoms with E-state index in [9.17, 15) is 5.11 Å². The maximum absolute atomic E-state index is 10.6. The van der Waals surface area contributed by atoms with Crippen LogP contribution in [0.5, 0.6) is 0 Å². The number of aliphatic hydroxyl groups excluding tert-OH is 1. The molecule has 1 saturated heterocycles. The number of aromatic nitrogens is 1. The summed E-state index contributed by atoms with van der Waals surface area (Å²) in [5, 5.41) is 11.3. The van der Waals surface area contributed by atoms with Crippen molar-refractivity contribution in [1.82, 2.24) is 9.88 Å². The van der Waals surface area contributed by atoms with Crippen molar-refractivity contribution in [1.29, 1.82) is 0 Å². The Morgan fingerprint density at radius 2 is 1.78 bits per heavy atom. The standard InChI is InChI=1S/C22H23ClN2O2/c23-19-8-6-16(7-9-19)20-14-24-21(27-20)15-25-12-10-18(11-13-25)22(26)17-4-2-1-3-5-17/h1-9,14,18,22,26H,10-13,15H2. The molecule has 0 radical (unpaired) electrons. The number of nitrogens with zero attached hydrogens (tertiary/aromatic N) is 2. The lowest BCUT2D eigenvalue weighted by molar-refractivity contribution is 0.0544. The molecule has 4 rings (SSSR count). The number of halogens is 1. The quantitative estimate of drug-likeness (QED) is 0.679. The van der Waals surface area contributed by atoms with E-state index in [0.29, 0.717) is 17.5 Å². The highest BCUT2D eigenvalue weighted by Gasteiger charge is 2.26. The Morgan fingerprint density at radius 3 is 2.48 bits per heavy atom. The molecule has 1 unspecified atom stereocenters. The summed E-state index contributed by atoms with van der Waals surface area (Å²) in [7, 11) is 0. The minimum atomic E-state index is -0.383. The second kappa shape index (κ2) is 8.26. The molecule has 1 fully saturated rings. The van der Waals surface area contributed by atoms with Gasteiger partial charge in [-0.25, -0.2) is 4.98 Å². The molecule has 2 aromatic carbocycles. The summed E-state index contributed by atoms with van der Waals surface area (Å²) in [4.78, 5) is 6.76. The van der Waals surface area contributed by atoms with Crippen molar-refractivity contribution in [3.8, 4) is 11.3 Å². The number of piperidine rings is 1. The van der Waals surface area contributed by atoms with Crippen LogP contribution in [-0.2, 0) is 6.54 Å². The Morgan fingerprint density at radius 1 is 1.07 bits per heavy atom. The van der Waals surface area contributed by atoms with E-state index in [-0.39, 0.29) is 6.10 Å². The number of likely N-dealkylation sites (tertiary alicyclic amines) is 1. The van der Waals surface area contributed by atoms with Crippen molar-refractivity contribution in [3.05, 3.63) is 77.3 Å². The first kappa shape index (κ1) is 18.2. The predicted molar refractivity (Wildman–Crippen MR) is 106 cm³/mol. The monoisotopic (exact) mass is 382 g/mol. The molecule has 27 heavy (non-hydrogen) atoms. The van der Waals surface area contributed by atoms with Gasteiger partial charge in [-0.2, -0.15) is 0 Å². The lowest BCUT2D eigenvalue weighted by atomic mass is 9.87. The SMILES string of the molecule is OC(c1ccccc1)C1CCN(Cc2ncc(-c3ccc(Cl)cc3)o2)CC1. The van der Waals surface area contributed by atoms with Crippen LogP contribution >= 0.6 is 11.6 Å². The van der Waals surface area contributed by atoms with Gasteiger partial charge in [-0.1, -0.05) is 41.9 Å². The zero-order chi connectivity index (χ0) is 18.6. The van der Waals surface area contributed by atoms with Crippen LogP contribution in [-0.4, -0.2) is 28.1 Å². The molecule has 2 heterocycles. The summed E-state index contributed by atoms with van der Waals surface area (Å²) >= 11 is 5.94. The first-order chi connectivity index (χ1) is 13.2. The van der Waals surface area contributed by atoms with Gasteiger partial charge in [-0.15, -0.1) is 0 Å². The number of hydrogen-bond donors (Lipinski definition) is 1. The molecule has 3 aromatic rings. The Labute approximate surface area is 164 Å². The van der Waals surface area contributed by atoms with Crippen molar-refractivity contribution >= 4 is 11.6 Å². The van der Waals surface area contributed by atoms with Crippen LogP contribution in [0.15, 0.2) is 65.2 Å². The molecule has 5 heteroatoms. The Balaban J connectivity index is 1.32. The topological polar surface area (TPSA) is 49.5 Å². The van der Waals surface area contributed by atoms with Gasteiger partial charge in [0.2, 0.25) is 5.89 Å². The van der Waals surface area contributed by atoms with Gasteiger partial charge in [0.1, 0.15) is 0 Å². The number of benzene rings is 2. The second-order valence-electron chi connectivity index (χ2n) is 7.09. The molecular formula is C22H23ClN2O2. The maximum Gasteiger partial charge on any atom is 0.209 e. The summed E-state index contributed by atoms with van der Waals surface area (Å²) in [6, 6.07) is 17.5. The third-order valence-corrected chi connectivity index (χ3v) is 5.51. The molecular weight excluding hydrogens is 360 g/mol. The molecule has 1 atom stereocenters. The van der Waals surface area contributed by atoms with Gasteiger partial charge in [-0.3, -0.25) is 4.90 Å². The van der Waals surface area contributed by atoms with E-state index in [4.69, 9.17) is 16.0 Å². The molecule has 0 spiro atoms. The third-order valence-electron chi connectivity index (χ3n) is 5.26. The number of oxazole rings is 1. The van der Waals surface area contributed by atoms with E-state index in [0.717, 1.165) is 48.7 Å². The normalized spacial score (nSPS) is 17.1. The van der Waals surface area contributed by atoms with Crippen molar-refractivity contribution < 1.29 is 9.52 Å². The van der Waals surface area contributed by atoms with E-state index in [2.05, 4.69) is 9.88 Å². The zero-order valence-corrected chi connectivity index (χ0v) is 15.8. The predicted octanol–water partition coefficient (Wildman–Crippen LogP) is 4.94. The van der Waals surface area contributed by atoms with Crippen LogP contribution in [0.3, 0.4) is 0 Å². The summed E-state index contributed by atoms with van der Waals surface area (Å²) in [6.45, 7) is 2.57. The van der Waals surface area contributed by atoms with Crippen LogP contribution < -0.4 is 0 Å². The van der Waals surface area contributed by atoms with E-state index in [1.807, 2.05) is 54.6 Å².